The third kappa shape index (κ3) is 3.63. The van der Waals surface area contributed by atoms with E-state index in [1.807, 2.05) is 45.0 Å². The van der Waals surface area contributed by atoms with E-state index in [4.69, 9.17) is 18.3 Å². The summed E-state index contributed by atoms with van der Waals surface area (Å²) in [6.07, 6.45) is 1.56. The standard InChI is InChI=1S/C27H25NO6/c1-4-31-21-11-9-17(14-22(21)32-5-2)24-23-25(29)19-13-16(3)8-10-20(19)34-26(23)27(30)28(24)15-18-7-6-12-33-18/h6-14,24H,4-5,15H2,1-3H3. The van der Waals surface area contributed by atoms with Crippen molar-refractivity contribution in [1.29, 1.82) is 0 Å². The first-order valence-electron chi connectivity index (χ1n) is 11.3. The third-order valence-corrected chi connectivity index (χ3v) is 5.91. The van der Waals surface area contributed by atoms with Gasteiger partial charge in [-0.15, -0.1) is 0 Å². The molecule has 0 aliphatic carbocycles. The topological polar surface area (TPSA) is 82.1 Å². The van der Waals surface area contributed by atoms with E-state index in [0.29, 0.717) is 47.0 Å². The molecule has 34 heavy (non-hydrogen) atoms. The molecule has 0 radical (unpaired) electrons. The van der Waals surface area contributed by atoms with Gasteiger partial charge in [0.05, 0.1) is 43.0 Å². The van der Waals surface area contributed by atoms with Crippen LogP contribution in [-0.2, 0) is 6.54 Å². The number of ether oxygens (including phenoxy) is 2. The van der Waals surface area contributed by atoms with Gasteiger partial charge in [-0.05, 0) is 62.7 Å². The van der Waals surface area contributed by atoms with Crippen LogP contribution in [0.25, 0.3) is 11.0 Å². The van der Waals surface area contributed by atoms with Crippen LogP contribution >= 0.6 is 0 Å². The lowest BCUT2D eigenvalue weighted by Crippen LogP contribution is -2.29. The van der Waals surface area contributed by atoms with Crippen molar-refractivity contribution in [3.05, 3.63) is 93.2 Å². The minimum absolute atomic E-state index is 0.0600. The van der Waals surface area contributed by atoms with E-state index < -0.39 is 6.04 Å². The first-order chi connectivity index (χ1) is 16.5. The Morgan fingerprint density at radius 2 is 1.76 bits per heavy atom. The average molecular weight is 459 g/mol. The van der Waals surface area contributed by atoms with Gasteiger partial charge in [0.25, 0.3) is 5.91 Å². The molecule has 1 unspecified atom stereocenters. The summed E-state index contributed by atoms with van der Waals surface area (Å²) in [5.41, 5.74) is 2.16. The maximum atomic E-state index is 13.7. The lowest BCUT2D eigenvalue weighted by Gasteiger charge is -2.25. The second-order valence-electron chi connectivity index (χ2n) is 8.16. The van der Waals surface area contributed by atoms with Crippen molar-refractivity contribution in [2.75, 3.05) is 13.2 Å². The highest BCUT2D eigenvalue weighted by Crippen LogP contribution is 2.41. The summed E-state index contributed by atoms with van der Waals surface area (Å²) in [4.78, 5) is 28.9. The lowest BCUT2D eigenvalue weighted by molar-refractivity contribution is 0.0701. The quantitative estimate of drug-likeness (QED) is 0.376. The molecular weight excluding hydrogens is 434 g/mol. The molecule has 1 aliphatic rings. The maximum Gasteiger partial charge on any atom is 0.291 e. The van der Waals surface area contributed by atoms with Crippen LogP contribution in [0.1, 0.15) is 52.9 Å². The summed E-state index contributed by atoms with van der Waals surface area (Å²) < 4.78 is 23.0. The molecule has 4 aromatic rings. The van der Waals surface area contributed by atoms with Crippen molar-refractivity contribution in [2.45, 2.75) is 33.4 Å². The molecule has 1 aliphatic heterocycles. The van der Waals surface area contributed by atoms with Crippen LogP contribution in [0.5, 0.6) is 11.5 Å². The second kappa shape index (κ2) is 8.74. The Balaban J connectivity index is 1.72. The molecule has 3 heterocycles. The highest BCUT2D eigenvalue weighted by Gasteiger charge is 2.43. The second-order valence-corrected chi connectivity index (χ2v) is 8.16. The molecule has 0 spiro atoms. The Kier molecular flexibility index (Phi) is 5.61. The summed E-state index contributed by atoms with van der Waals surface area (Å²) in [5, 5.41) is 0.451. The van der Waals surface area contributed by atoms with E-state index in [1.54, 1.807) is 35.4 Å². The Morgan fingerprint density at radius 3 is 2.50 bits per heavy atom. The van der Waals surface area contributed by atoms with Gasteiger partial charge in [0.1, 0.15) is 11.3 Å². The number of rotatable bonds is 7. The molecule has 174 valence electrons. The molecule has 0 saturated heterocycles. The third-order valence-electron chi connectivity index (χ3n) is 5.91. The van der Waals surface area contributed by atoms with E-state index in [1.165, 1.54) is 0 Å². The monoisotopic (exact) mass is 459 g/mol. The van der Waals surface area contributed by atoms with E-state index >= 15 is 0 Å². The Bertz CT molecular complexity index is 1420. The van der Waals surface area contributed by atoms with Gasteiger partial charge in [0, 0.05) is 0 Å². The molecule has 2 aromatic carbocycles. The summed E-state index contributed by atoms with van der Waals surface area (Å²) in [6, 6.07) is 13.8. The van der Waals surface area contributed by atoms with E-state index in [2.05, 4.69) is 0 Å². The molecule has 0 N–H and O–H groups in total. The molecule has 7 heteroatoms. The van der Waals surface area contributed by atoms with Gasteiger partial charge < -0.3 is 23.2 Å². The summed E-state index contributed by atoms with van der Waals surface area (Å²) in [6.45, 7) is 6.84. The number of carbonyl (C=O) groups excluding carboxylic acids is 1. The number of fused-ring (bicyclic) bond motifs is 2. The van der Waals surface area contributed by atoms with Crippen LogP contribution in [0, 0.1) is 6.92 Å². The predicted octanol–water partition coefficient (Wildman–Crippen LogP) is 5.24. The number of hydrogen-bond donors (Lipinski definition) is 0. The molecule has 0 fully saturated rings. The number of hydrogen-bond acceptors (Lipinski definition) is 6. The van der Waals surface area contributed by atoms with Crippen LogP contribution in [-0.4, -0.2) is 24.0 Å². The zero-order valence-electron chi connectivity index (χ0n) is 19.3. The fourth-order valence-corrected chi connectivity index (χ4v) is 4.45. The zero-order valence-corrected chi connectivity index (χ0v) is 19.3. The number of nitrogens with zero attached hydrogens (tertiary/aromatic N) is 1. The van der Waals surface area contributed by atoms with Gasteiger partial charge in [-0.1, -0.05) is 17.7 Å². The van der Waals surface area contributed by atoms with E-state index in [0.717, 1.165) is 11.1 Å². The van der Waals surface area contributed by atoms with Crippen molar-refractivity contribution in [2.24, 2.45) is 0 Å². The molecule has 1 amide bonds. The van der Waals surface area contributed by atoms with Crippen molar-refractivity contribution in [3.63, 3.8) is 0 Å². The van der Waals surface area contributed by atoms with Gasteiger partial charge in [0.2, 0.25) is 5.76 Å². The number of aryl methyl sites for hydroxylation is 1. The van der Waals surface area contributed by atoms with Crippen LogP contribution in [0.3, 0.4) is 0 Å². The number of benzene rings is 2. The van der Waals surface area contributed by atoms with E-state index in [-0.39, 0.29) is 23.6 Å². The first-order valence-corrected chi connectivity index (χ1v) is 11.3. The average Bonchev–Trinajstić information content (AvgIpc) is 3.43. The SMILES string of the molecule is CCOc1ccc(C2c3c(oc4ccc(C)cc4c3=O)C(=O)N2Cc2ccco2)cc1OCC. The van der Waals surface area contributed by atoms with Gasteiger partial charge in [-0.25, -0.2) is 0 Å². The highest BCUT2D eigenvalue weighted by molar-refractivity contribution is 5.99. The van der Waals surface area contributed by atoms with Gasteiger partial charge in [-0.2, -0.15) is 0 Å². The highest BCUT2D eigenvalue weighted by atomic mass is 16.5. The maximum absolute atomic E-state index is 13.7. The fraction of sp³-hybridized carbons (Fsp3) is 0.259. The van der Waals surface area contributed by atoms with Gasteiger partial charge in [0.15, 0.2) is 16.9 Å². The molecule has 1 atom stereocenters. The van der Waals surface area contributed by atoms with Crippen LogP contribution < -0.4 is 14.9 Å². The molecule has 5 rings (SSSR count). The Labute approximate surface area is 196 Å². The Hall–Kier alpha value is -4.00. The minimum Gasteiger partial charge on any atom is -0.490 e. The summed E-state index contributed by atoms with van der Waals surface area (Å²) in [7, 11) is 0. The van der Waals surface area contributed by atoms with Crippen molar-refractivity contribution < 1.29 is 23.1 Å². The molecule has 2 aromatic heterocycles. The summed E-state index contributed by atoms with van der Waals surface area (Å²) >= 11 is 0. The molecule has 0 saturated carbocycles. The molecule has 0 bridgehead atoms. The van der Waals surface area contributed by atoms with Crippen molar-refractivity contribution >= 4 is 16.9 Å². The van der Waals surface area contributed by atoms with Crippen LogP contribution in [0.15, 0.2) is 68.4 Å². The number of carbonyl (C=O) groups is 1. The van der Waals surface area contributed by atoms with Crippen LogP contribution in [0.2, 0.25) is 0 Å². The number of furan rings is 1. The molecular formula is C27H25NO6. The predicted molar refractivity (Wildman–Crippen MR) is 126 cm³/mol. The zero-order chi connectivity index (χ0) is 23.8. The largest absolute Gasteiger partial charge is 0.490 e. The lowest BCUT2D eigenvalue weighted by atomic mass is 9.97. The normalized spacial score (nSPS) is 15.1. The smallest absolute Gasteiger partial charge is 0.291 e. The number of amides is 1. The Morgan fingerprint density at radius 1 is 0.971 bits per heavy atom. The minimum atomic E-state index is -0.663. The van der Waals surface area contributed by atoms with Crippen molar-refractivity contribution in [3.8, 4) is 11.5 Å². The first kappa shape index (κ1) is 21.8. The fourth-order valence-electron chi connectivity index (χ4n) is 4.45. The van der Waals surface area contributed by atoms with E-state index in [9.17, 15) is 9.59 Å². The van der Waals surface area contributed by atoms with Gasteiger partial charge in [-0.3, -0.25) is 9.59 Å². The van der Waals surface area contributed by atoms with Crippen LogP contribution in [0.4, 0.5) is 0 Å². The molecule has 7 nitrogen and oxygen atoms in total. The van der Waals surface area contributed by atoms with Gasteiger partial charge >= 0.3 is 0 Å². The summed E-state index contributed by atoms with van der Waals surface area (Å²) in [5.74, 6) is 1.47. The van der Waals surface area contributed by atoms with Crippen molar-refractivity contribution in [1.82, 2.24) is 4.90 Å².